The lowest BCUT2D eigenvalue weighted by Crippen LogP contribution is -2.35. The molecule has 0 spiro atoms. The number of amides is 1. The maximum atomic E-state index is 11.7. The quantitative estimate of drug-likeness (QED) is 0.860. The van der Waals surface area contributed by atoms with Crippen molar-refractivity contribution in [1.82, 2.24) is 30.4 Å². The Morgan fingerprint density at radius 1 is 1.48 bits per heavy atom. The number of aromatic nitrogens is 4. The second-order valence-electron chi connectivity index (χ2n) is 5.35. The average Bonchev–Trinajstić information content (AvgIpc) is 3.23. The smallest absolute Gasteiger partial charge is 0.409 e. The van der Waals surface area contributed by atoms with Gasteiger partial charge < -0.3 is 15.0 Å². The average molecular weight is 316 g/mol. The van der Waals surface area contributed by atoms with Gasteiger partial charge in [-0.1, -0.05) is 0 Å². The molecule has 2 N–H and O–H groups in total. The minimum absolute atomic E-state index is 0.239. The molecular weight excluding hydrogens is 296 g/mol. The maximum absolute atomic E-state index is 11.7. The molecule has 1 unspecified atom stereocenters. The monoisotopic (exact) mass is 316 g/mol. The highest BCUT2D eigenvalue weighted by Gasteiger charge is 2.26. The topological polar surface area (TPSA) is 96.0 Å². The summed E-state index contributed by atoms with van der Waals surface area (Å²) in [6.45, 7) is 4.18. The summed E-state index contributed by atoms with van der Waals surface area (Å²) in [6, 6.07) is 3.98. The van der Waals surface area contributed by atoms with Gasteiger partial charge in [0.05, 0.1) is 13.2 Å². The minimum atomic E-state index is -0.239. The third kappa shape index (κ3) is 3.84. The second kappa shape index (κ2) is 7.19. The number of carbonyl (C=O) groups is 1. The van der Waals surface area contributed by atoms with Crippen LogP contribution in [-0.4, -0.2) is 56.9 Å². The zero-order valence-corrected chi connectivity index (χ0v) is 13.0. The highest BCUT2D eigenvalue weighted by molar-refractivity contribution is 5.68. The summed E-state index contributed by atoms with van der Waals surface area (Å²) >= 11 is 0. The van der Waals surface area contributed by atoms with Crippen LogP contribution in [0.25, 0.3) is 11.4 Å². The van der Waals surface area contributed by atoms with Crippen molar-refractivity contribution in [1.29, 1.82) is 0 Å². The molecule has 122 valence electrons. The molecule has 0 radical (unpaired) electrons. The van der Waals surface area contributed by atoms with E-state index in [1.54, 1.807) is 17.3 Å². The van der Waals surface area contributed by atoms with Crippen molar-refractivity contribution in [3.63, 3.8) is 0 Å². The molecule has 1 amide bonds. The number of nitrogens with zero attached hydrogens (tertiary/aromatic N) is 4. The molecule has 2 aromatic heterocycles. The van der Waals surface area contributed by atoms with Gasteiger partial charge in [-0.2, -0.15) is 5.10 Å². The summed E-state index contributed by atoms with van der Waals surface area (Å²) in [7, 11) is 0. The molecule has 1 atom stereocenters. The predicted octanol–water partition coefficient (Wildman–Crippen LogP) is 1.19. The molecule has 23 heavy (non-hydrogen) atoms. The van der Waals surface area contributed by atoms with E-state index in [1.807, 2.05) is 19.1 Å². The molecule has 2 aromatic rings. The van der Waals surface area contributed by atoms with Gasteiger partial charge in [-0.05, 0) is 25.5 Å². The van der Waals surface area contributed by atoms with Gasteiger partial charge in [-0.15, -0.1) is 0 Å². The van der Waals surface area contributed by atoms with E-state index in [4.69, 9.17) is 4.74 Å². The van der Waals surface area contributed by atoms with Gasteiger partial charge >= 0.3 is 6.09 Å². The third-order valence-corrected chi connectivity index (χ3v) is 3.74. The summed E-state index contributed by atoms with van der Waals surface area (Å²) in [4.78, 5) is 21.8. The van der Waals surface area contributed by atoms with E-state index in [0.717, 1.165) is 24.4 Å². The van der Waals surface area contributed by atoms with Crippen LogP contribution in [0.15, 0.2) is 24.5 Å². The van der Waals surface area contributed by atoms with Crippen LogP contribution in [0.2, 0.25) is 0 Å². The van der Waals surface area contributed by atoms with E-state index < -0.39 is 0 Å². The zero-order valence-electron chi connectivity index (χ0n) is 13.0. The SMILES string of the molecule is CCOC(=O)N1CCC(NCc2nc(-c3ccncc3)n[nH]2)C1. The zero-order chi connectivity index (χ0) is 16.1. The Hall–Kier alpha value is -2.48. The Morgan fingerprint density at radius 2 is 2.30 bits per heavy atom. The molecule has 0 bridgehead atoms. The van der Waals surface area contributed by atoms with Crippen LogP contribution in [0.4, 0.5) is 4.79 Å². The van der Waals surface area contributed by atoms with Gasteiger partial charge in [0.2, 0.25) is 0 Å². The Labute approximate surface area is 134 Å². The van der Waals surface area contributed by atoms with Gasteiger partial charge in [0.15, 0.2) is 5.82 Å². The van der Waals surface area contributed by atoms with Crippen LogP contribution in [-0.2, 0) is 11.3 Å². The van der Waals surface area contributed by atoms with Crippen molar-refractivity contribution in [2.75, 3.05) is 19.7 Å². The first-order valence-corrected chi connectivity index (χ1v) is 7.73. The number of likely N-dealkylation sites (tertiary alicyclic amines) is 1. The molecular formula is C15H20N6O2. The van der Waals surface area contributed by atoms with Gasteiger partial charge in [0.1, 0.15) is 5.82 Å². The summed E-state index contributed by atoms with van der Waals surface area (Å²) in [6.07, 6.45) is 4.10. The molecule has 8 nitrogen and oxygen atoms in total. The number of aromatic amines is 1. The van der Waals surface area contributed by atoms with E-state index >= 15 is 0 Å². The first-order valence-electron chi connectivity index (χ1n) is 7.73. The Morgan fingerprint density at radius 3 is 3.09 bits per heavy atom. The first-order chi connectivity index (χ1) is 11.3. The number of H-pyrrole nitrogens is 1. The number of hydrogen-bond acceptors (Lipinski definition) is 6. The molecule has 1 fully saturated rings. The minimum Gasteiger partial charge on any atom is -0.450 e. The van der Waals surface area contributed by atoms with Crippen LogP contribution in [0, 0.1) is 0 Å². The molecule has 0 aliphatic carbocycles. The van der Waals surface area contributed by atoms with E-state index in [0.29, 0.717) is 25.5 Å². The van der Waals surface area contributed by atoms with Gasteiger partial charge in [0, 0.05) is 37.1 Å². The molecule has 0 saturated carbocycles. The Bertz CT molecular complexity index is 644. The van der Waals surface area contributed by atoms with Crippen molar-refractivity contribution >= 4 is 6.09 Å². The second-order valence-corrected chi connectivity index (χ2v) is 5.35. The summed E-state index contributed by atoms with van der Waals surface area (Å²) in [5, 5.41) is 10.5. The normalized spacial score (nSPS) is 17.4. The van der Waals surface area contributed by atoms with Crippen LogP contribution in [0.5, 0.6) is 0 Å². The standard InChI is InChI=1S/C15H20N6O2/c1-2-23-15(22)21-8-5-12(10-21)17-9-13-18-14(20-19-13)11-3-6-16-7-4-11/h3-4,6-7,12,17H,2,5,8-10H2,1H3,(H,18,19,20). The molecule has 3 heterocycles. The Kier molecular flexibility index (Phi) is 4.82. The fourth-order valence-electron chi connectivity index (χ4n) is 2.55. The lowest BCUT2D eigenvalue weighted by Gasteiger charge is -2.15. The van der Waals surface area contributed by atoms with E-state index in [1.165, 1.54) is 0 Å². The van der Waals surface area contributed by atoms with Crippen molar-refractivity contribution in [2.24, 2.45) is 0 Å². The number of pyridine rings is 1. The molecule has 3 rings (SSSR count). The fourth-order valence-corrected chi connectivity index (χ4v) is 2.55. The lowest BCUT2D eigenvalue weighted by molar-refractivity contribution is 0.115. The van der Waals surface area contributed by atoms with Crippen LogP contribution in [0.3, 0.4) is 0 Å². The van der Waals surface area contributed by atoms with Crippen LogP contribution < -0.4 is 5.32 Å². The van der Waals surface area contributed by atoms with E-state index in [-0.39, 0.29) is 12.1 Å². The van der Waals surface area contributed by atoms with Crippen molar-refractivity contribution in [3.8, 4) is 11.4 Å². The van der Waals surface area contributed by atoms with Crippen LogP contribution >= 0.6 is 0 Å². The number of rotatable bonds is 5. The molecule has 1 aliphatic heterocycles. The largest absolute Gasteiger partial charge is 0.450 e. The van der Waals surface area contributed by atoms with Crippen LogP contribution in [0.1, 0.15) is 19.2 Å². The first kappa shape index (κ1) is 15.4. The Balaban J connectivity index is 1.50. The molecule has 1 saturated heterocycles. The van der Waals surface area contributed by atoms with Crippen molar-refractivity contribution in [3.05, 3.63) is 30.4 Å². The summed E-state index contributed by atoms with van der Waals surface area (Å²) < 4.78 is 5.01. The van der Waals surface area contributed by atoms with Gasteiger partial charge in [-0.25, -0.2) is 9.78 Å². The molecule has 0 aromatic carbocycles. The highest BCUT2D eigenvalue weighted by Crippen LogP contribution is 2.13. The number of hydrogen-bond donors (Lipinski definition) is 2. The molecule has 1 aliphatic rings. The third-order valence-electron chi connectivity index (χ3n) is 3.74. The van der Waals surface area contributed by atoms with E-state index in [9.17, 15) is 4.79 Å². The summed E-state index contributed by atoms with van der Waals surface area (Å²) in [5.41, 5.74) is 0.928. The summed E-state index contributed by atoms with van der Waals surface area (Å²) in [5.74, 6) is 1.43. The lowest BCUT2D eigenvalue weighted by atomic mass is 10.2. The molecule has 8 heteroatoms. The van der Waals surface area contributed by atoms with Gasteiger partial charge in [0.25, 0.3) is 0 Å². The number of ether oxygens (including phenoxy) is 1. The maximum Gasteiger partial charge on any atom is 0.409 e. The fraction of sp³-hybridized carbons (Fsp3) is 0.467. The highest BCUT2D eigenvalue weighted by atomic mass is 16.6. The van der Waals surface area contributed by atoms with Gasteiger partial charge in [-0.3, -0.25) is 10.1 Å². The van der Waals surface area contributed by atoms with Crippen molar-refractivity contribution < 1.29 is 9.53 Å². The van der Waals surface area contributed by atoms with Crippen molar-refractivity contribution in [2.45, 2.75) is 25.9 Å². The predicted molar refractivity (Wildman–Crippen MR) is 83.5 cm³/mol. The number of carbonyl (C=O) groups excluding carboxylic acids is 1. The van der Waals surface area contributed by atoms with E-state index in [2.05, 4.69) is 25.5 Å². The number of nitrogens with one attached hydrogen (secondary N) is 2.